The van der Waals surface area contributed by atoms with E-state index < -0.39 is 0 Å². The molecule has 2 nitrogen and oxygen atoms in total. The smallest absolute Gasteiger partial charge is 0.0372 e. The number of nitrogens with zero attached hydrogens (tertiary/aromatic N) is 1. The average molecular weight is 297 g/mol. The number of hydrogen-bond donors (Lipinski definition) is 1. The van der Waals surface area contributed by atoms with Crippen LogP contribution in [-0.2, 0) is 0 Å². The van der Waals surface area contributed by atoms with Crippen molar-refractivity contribution < 1.29 is 0 Å². The molecule has 0 radical (unpaired) electrons. The van der Waals surface area contributed by atoms with E-state index in [0.717, 1.165) is 12.5 Å². The normalized spacial score (nSPS) is 20.0. The molecule has 1 unspecified atom stereocenters. The lowest BCUT2D eigenvalue weighted by Crippen LogP contribution is -2.24. The molecule has 1 heterocycles. The maximum Gasteiger partial charge on any atom is 0.0372 e. The first-order valence-electron chi connectivity index (χ1n) is 6.28. The molecule has 1 atom stereocenters. The number of halogens is 1. The number of benzene rings is 1. The van der Waals surface area contributed by atoms with E-state index in [0.29, 0.717) is 0 Å². The van der Waals surface area contributed by atoms with E-state index in [4.69, 9.17) is 0 Å². The molecule has 0 aliphatic carbocycles. The Balaban J connectivity index is 2.14. The summed E-state index contributed by atoms with van der Waals surface area (Å²) in [5, 5.41) is 3.28. The van der Waals surface area contributed by atoms with Crippen molar-refractivity contribution in [2.24, 2.45) is 5.92 Å². The molecule has 1 aromatic rings. The number of aryl methyl sites for hydroxylation is 2. The fraction of sp³-hybridized carbons (Fsp3) is 0.571. The van der Waals surface area contributed by atoms with E-state index in [9.17, 15) is 0 Å². The number of hydrogen-bond acceptors (Lipinski definition) is 2. The SMILES string of the molecule is CNCC1CCN(c2cc(C)c(Br)c(C)c2)C1. The highest BCUT2D eigenvalue weighted by Gasteiger charge is 2.22. The summed E-state index contributed by atoms with van der Waals surface area (Å²) in [6.45, 7) is 7.84. The summed E-state index contributed by atoms with van der Waals surface area (Å²) in [6.07, 6.45) is 1.30. The van der Waals surface area contributed by atoms with Crippen LogP contribution in [0.4, 0.5) is 5.69 Å². The summed E-state index contributed by atoms with van der Waals surface area (Å²) in [5.41, 5.74) is 4.04. The molecule has 1 aliphatic rings. The summed E-state index contributed by atoms with van der Waals surface area (Å²) in [5.74, 6) is 0.796. The third-order valence-corrected chi connectivity index (χ3v) is 4.82. The Hall–Kier alpha value is -0.540. The van der Waals surface area contributed by atoms with Gasteiger partial charge in [0.2, 0.25) is 0 Å². The van der Waals surface area contributed by atoms with E-state index >= 15 is 0 Å². The van der Waals surface area contributed by atoms with Gasteiger partial charge in [0.1, 0.15) is 0 Å². The van der Waals surface area contributed by atoms with E-state index in [1.807, 2.05) is 7.05 Å². The van der Waals surface area contributed by atoms with Crippen molar-refractivity contribution in [3.63, 3.8) is 0 Å². The van der Waals surface area contributed by atoms with Gasteiger partial charge in [-0.15, -0.1) is 0 Å². The van der Waals surface area contributed by atoms with Gasteiger partial charge in [0.25, 0.3) is 0 Å². The highest BCUT2D eigenvalue weighted by Crippen LogP contribution is 2.30. The molecular weight excluding hydrogens is 276 g/mol. The van der Waals surface area contributed by atoms with Gasteiger partial charge in [-0.1, -0.05) is 15.9 Å². The van der Waals surface area contributed by atoms with Gasteiger partial charge < -0.3 is 10.2 Å². The minimum absolute atomic E-state index is 0.796. The predicted molar refractivity (Wildman–Crippen MR) is 77.9 cm³/mol. The molecule has 1 aromatic carbocycles. The van der Waals surface area contributed by atoms with Crippen LogP contribution in [0, 0.1) is 19.8 Å². The molecule has 1 aliphatic heterocycles. The number of anilines is 1. The Morgan fingerprint density at radius 1 is 1.35 bits per heavy atom. The van der Waals surface area contributed by atoms with Crippen LogP contribution in [0.25, 0.3) is 0 Å². The zero-order valence-electron chi connectivity index (χ0n) is 10.9. The number of nitrogens with one attached hydrogen (secondary N) is 1. The highest BCUT2D eigenvalue weighted by atomic mass is 79.9. The molecular formula is C14H21BrN2. The van der Waals surface area contributed by atoms with Gasteiger partial charge >= 0.3 is 0 Å². The third kappa shape index (κ3) is 2.83. The maximum atomic E-state index is 3.63. The van der Waals surface area contributed by atoms with Crippen molar-refractivity contribution in [2.75, 3.05) is 31.6 Å². The topological polar surface area (TPSA) is 15.3 Å². The standard InChI is InChI=1S/C14H21BrN2/c1-10-6-13(7-11(2)14(10)15)17-5-4-12(9-17)8-16-3/h6-7,12,16H,4-5,8-9H2,1-3H3. The Labute approximate surface area is 113 Å². The molecule has 2 rings (SSSR count). The second-order valence-corrected chi connectivity index (χ2v) is 5.84. The Bertz CT molecular complexity index is 380. The van der Waals surface area contributed by atoms with Crippen LogP contribution in [-0.4, -0.2) is 26.7 Å². The van der Waals surface area contributed by atoms with E-state index in [1.54, 1.807) is 0 Å². The molecule has 0 spiro atoms. The van der Waals surface area contributed by atoms with Crippen LogP contribution in [0.2, 0.25) is 0 Å². The van der Waals surface area contributed by atoms with E-state index in [-0.39, 0.29) is 0 Å². The summed E-state index contributed by atoms with van der Waals surface area (Å²) < 4.78 is 1.24. The van der Waals surface area contributed by atoms with Crippen molar-refractivity contribution in [2.45, 2.75) is 20.3 Å². The quantitative estimate of drug-likeness (QED) is 0.922. The van der Waals surface area contributed by atoms with Gasteiger partial charge in [-0.25, -0.2) is 0 Å². The monoisotopic (exact) mass is 296 g/mol. The van der Waals surface area contributed by atoms with Crippen LogP contribution < -0.4 is 10.2 Å². The number of rotatable bonds is 3. The van der Waals surface area contributed by atoms with Crippen LogP contribution in [0.3, 0.4) is 0 Å². The van der Waals surface area contributed by atoms with Gasteiger partial charge in [0, 0.05) is 23.2 Å². The van der Waals surface area contributed by atoms with Crippen LogP contribution in [0.15, 0.2) is 16.6 Å². The molecule has 0 aromatic heterocycles. The van der Waals surface area contributed by atoms with E-state index in [2.05, 4.69) is 52.1 Å². The lowest BCUT2D eigenvalue weighted by Gasteiger charge is -2.20. The molecule has 1 fully saturated rings. The fourth-order valence-electron chi connectivity index (χ4n) is 2.63. The minimum Gasteiger partial charge on any atom is -0.371 e. The largest absolute Gasteiger partial charge is 0.371 e. The first kappa shape index (κ1) is 12.9. The average Bonchev–Trinajstić information content (AvgIpc) is 2.74. The van der Waals surface area contributed by atoms with Crippen molar-refractivity contribution in [1.29, 1.82) is 0 Å². The molecule has 17 heavy (non-hydrogen) atoms. The zero-order chi connectivity index (χ0) is 12.4. The molecule has 0 amide bonds. The summed E-state index contributed by atoms with van der Waals surface area (Å²) >= 11 is 3.63. The molecule has 0 bridgehead atoms. The third-order valence-electron chi connectivity index (χ3n) is 3.57. The van der Waals surface area contributed by atoms with Crippen LogP contribution >= 0.6 is 15.9 Å². The van der Waals surface area contributed by atoms with Gasteiger partial charge in [-0.05, 0) is 63.0 Å². The van der Waals surface area contributed by atoms with Gasteiger partial charge in [0.05, 0.1) is 0 Å². The molecule has 0 saturated carbocycles. The molecule has 1 saturated heterocycles. The van der Waals surface area contributed by atoms with Crippen molar-refractivity contribution >= 4 is 21.6 Å². The van der Waals surface area contributed by atoms with Gasteiger partial charge in [0.15, 0.2) is 0 Å². The van der Waals surface area contributed by atoms with Crippen LogP contribution in [0.1, 0.15) is 17.5 Å². The first-order chi connectivity index (χ1) is 8.11. The van der Waals surface area contributed by atoms with Gasteiger partial charge in [-0.3, -0.25) is 0 Å². The second-order valence-electron chi connectivity index (χ2n) is 5.05. The summed E-state index contributed by atoms with van der Waals surface area (Å²) in [7, 11) is 2.04. The Morgan fingerprint density at radius 2 is 2.00 bits per heavy atom. The fourth-order valence-corrected chi connectivity index (χ4v) is 2.86. The predicted octanol–water partition coefficient (Wildman–Crippen LogP) is 3.11. The first-order valence-corrected chi connectivity index (χ1v) is 7.07. The lowest BCUT2D eigenvalue weighted by atomic mass is 10.1. The van der Waals surface area contributed by atoms with Crippen molar-refractivity contribution in [3.8, 4) is 0 Å². The van der Waals surface area contributed by atoms with Gasteiger partial charge in [-0.2, -0.15) is 0 Å². The van der Waals surface area contributed by atoms with Crippen LogP contribution in [0.5, 0.6) is 0 Å². The maximum absolute atomic E-state index is 3.63. The van der Waals surface area contributed by atoms with E-state index in [1.165, 1.54) is 40.8 Å². The Kier molecular flexibility index (Phi) is 4.10. The second kappa shape index (κ2) is 5.40. The lowest BCUT2D eigenvalue weighted by molar-refractivity contribution is 0.549. The molecule has 3 heteroatoms. The Morgan fingerprint density at radius 3 is 2.59 bits per heavy atom. The van der Waals surface area contributed by atoms with Crippen molar-refractivity contribution in [3.05, 3.63) is 27.7 Å². The van der Waals surface area contributed by atoms with Crippen molar-refractivity contribution in [1.82, 2.24) is 5.32 Å². The highest BCUT2D eigenvalue weighted by molar-refractivity contribution is 9.10. The molecule has 1 N–H and O–H groups in total. The minimum atomic E-state index is 0.796. The summed E-state index contributed by atoms with van der Waals surface area (Å²) in [6, 6.07) is 4.58. The summed E-state index contributed by atoms with van der Waals surface area (Å²) in [4.78, 5) is 2.51. The molecule has 94 valence electrons. The zero-order valence-corrected chi connectivity index (χ0v) is 12.5.